The first kappa shape index (κ1) is 38.8. The molecule has 0 saturated carbocycles. The number of urea groups is 2. The van der Waals surface area contributed by atoms with Crippen molar-refractivity contribution in [3.05, 3.63) is 29.8 Å². The fraction of sp³-hybridized carbons (Fsp3) is 0.606. The molecule has 0 spiro atoms. The van der Waals surface area contributed by atoms with Crippen LogP contribution in [-0.2, 0) is 28.6 Å². The molecule has 0 unspecified atom stereocenters. The van der Waals surface area contributed by atoms with Crippen molar-refractivity contribution in [1.29, 1.82) is 0 Å². The van der Waals surface area contributed by atoms with Gasteiger partial charge in [-0.2, -0.15) is 0 Å². The average molecular weight is 631 g/mol. The molecule has 12 nitrogen and oxygen atoms in total. The van der Waals surface area contributed by atoms with E-state index in [9.17, 15) is 24.0 Å². The van der Waals surface area contributed by atoms with Crippen LogP contribution in [0, 0.1) is 12.3 Å². The van der Waals surface area contributed by atoms with Crippen LogP contribution in [0.2, 0.25) is 0 Å². The number of carbonyl (C=O) groups is 5. The number of hydrogen-bond acceptors (Lipinski definition) is 8. The van der Waals surface area contributed by atoms with Crippen LogP contribution in [0.5, 0.6) is 0 Å². The van der Waals surface area contributed by atoms with Crippen LogP contribution in [0.3, 0.4) is 0 Å². The highest BCUT2D eigenvalue weighted by molar-refractivity contribution is 5.91. The Hall–Kier alpha value is -4.27. The first-order valence-electron chi connectivity index (χ1n) is 15.0. The number of carbonyl (C=O) groups excluding carboxylic acids is 5. The zero-order valence-electron chi connectivity index (χ0n) is 28.1. The minimum absolute atomic E-state index is 0.0755. The molecule has 2 atom stereocenters. The van der Waals surface area contributed by atoms with Crippen LogP contribution >= 0.6 is 0 Å². The number of esters is 3. The average Bonchev–Trinajstić information content (AvgIpc) is 2.87. The quantitative estimate of drug-likeness (QED) is 0.105. The fourth-order valence-corrected chi connectivity index (χ4v) is 3.82. The SMILES string of the molecule is C#Cc1ccccc1NC(=O)NCCCC[C@H](NC(=O)N[C@@H](CCC(=O)OC(C)(C)C)C(=O)OC(C)(C)C)C(=O)OC(C)(C)C. The highest BCUT2D eigenvalue weighted by atomic mass is 16.6. The lowest BCUT2D eigenvalue weighted by molar-refractivity contribution is -0.159. The van der Waals surface area contributed by atoms with Crippen LogP contribution in [0.15, 0.2) is 24.3 Å². The predicted molar refractivity (Wildman–Crippen MR) is 171 cm³/mol. The summed E-state index contributed by atoms with van der Waals surface area (Å²) in [6.45, 7) is 15.6. The fourth-order valence-electron chi connectivity index (χ4n) is 3.82. The third kappa shape index (κ3) is 17.6. The van der Waals surface area contributed by atoms with Crippen molar-refractivity contribution in [2.75, 3.05) is 11.9 Å². The van der Waals surface area contributed by atoms with Gasteiger partial charge in [-0.25, -0.2) is 19.2 Å². The van der Waals surface area contributed by atoms with E-state index in [0.29, 0.717) is 30.6 Å². The summed E-state index contributed by atoms with van der Waals surface area (Å²) in [6, 6.07) is 3.47. The van der Waals surface area contributed by atoms with Crippen LogP contribution in [0.1, 0.15) is 100.0 Å². The van der Waals surface area contributed by atoms with E-state index in [1.165, 1.54) is 0 Å². The molecule has 0 radical (unpaired) electrons. The molecule has 1 rings (SSSR count). The Balaban J connectivity index is 2.84. The van der Waals surface area contributed by atoms with Crippen LogP contribution in [0.4, 0.5) is 15.3 Å². The van der Waals surface area contributed by atoms with Crippen molar-refractivity contribution < 1.29 is 38.2 Å². The van der Waals surface area contributed by atoms with Gasteiger partial charge in [-0.1, -0.05) is 18.1 Å². The first-order valence-corrected chi connectivity index (χ1v) is 15.0. The maximum absolute atomic E-state index is 13.0. The van der Waals surface area contributed by atoms with Crippen molar-refractivity contribution in [3.8, 4) is 12.3 Å². The van der Waals surface area contributed by atoms with Gasteiger partial charge in [-0.05, 0) is 100 Å². The number of para-hydroxylation sites is 1. The zero-order valence-corrected chi connectivity index (χ0v) is 28.1. The van der Waals surface area contributed by atoms with E-state index in [2.05, 4.69) is 27.2 Å². The topological polar surface area (TPSA) is 161 Å². The molecule has 0 aliphatic rings. The Bertz CT molecular complexity index is 1220. The molecule has 250 valence electrons. The second-order valence-electron chi connectivity index (χ2n) is 13.5. The number of benzene rings is 1. The summed E-state index contributed by atoms with van der Waals surface area (Å²) >= 11 is 0. The second-order valence-corrected chi connectivity index (χ2v) is 13.5. The van der Waals surface area contributed by atoms with Crippen molar-refractivity contribution in [2.45, 2.75) is 123 Å². The molecule has 4 amide bonds. The lowest BCUT2D eigenvalue weighted by atomic mass is 10.1. The highest BCUT2D eigenvalue weighted by Gasteiger charge is 2.31. The van der Waals surface area contributed by atoms with E-state index in [4.69, 9.17) is 20.6 Å². The number of anilines is 1. The smallest absolute Gasteiger partial charge is 0.329 e. The van der Waals surface area contributed by atoms with E-state index in [-0.39, 0.29) is 19.3 Å². The van der Waals surface area contributed by atoms with Crippen molar-refractivity contribution in [2.24, 2.45) is 0 Å². The molecule has 0 heterocycles. The molecule has 1 aromatic rings. The minimum atomic E-state index is -1.18. The number of unbranched alkanes of at least 4 members (excludes halogenated alkanes) is 1. The lowest BCUT2D eigenvalue weighted by Gasteiger charge is -2.27. The van der Waals surface area contributed by atoms with Gasteiger partial charge in [-0.3, -0.25) is 4.79 Å². The van der Waals surface area contributed by atoms with Crippen LogP contribution in [-0.4, -0.2) is 65.4 Å². The molecule has 12 heteroatoms. The Morgan fingerprint density at radius 2 is 1.24 bits per heavy atom. The number of amides is 4. The third-order valence-corrected chi connectivity index (χ3v) is 5.59. The van der Waals surface area contributed by atoms with E-state index in [1.54, 1.807) is 86.6 Å². The van der Waals surface area contributed by atoms with Gasteiger partial charge in [0.25, 0.3) is 0 Å². The van der Waals surface area contributed by atoms with Gasteiger partial charge in [0.2, 0.25) is 0 Å². The molecule has 45 heavy (non-hydrogen) atoms. The Kier molecular flexibility index (Phi) is 14.9. The molecule has 1 aromatic carbocycles. The van der Waals surface area contributed by atoms with Crippen molar-refractivity contribution in [3.63, 3.8) is 0 Å². The monoisotopic (exact) mass is 630 g/mol. The minimum Gasteiger partial charge on any atom is -0.460 e. The largest absolute Gasteiger partial charge is 0.460 e. The van der Waals surface area contributed by atoms with Gasteiger partial charge in [0.1, 0.15) is 28.9 Å². The summed E-state index contributed by atoms with van der Waals surface area (Å²) < 4.78 is 16.3. The molecule has 0 fully saturated rings. The molecule has 0 aromatic heterocycles. The molecular weight excluding hydrogens is 580 g/mol. The van der Waals surface area contributed by atoms with Gasteiger partial charge in [0.05, 0.1) is 5.69 Å². The number of ether oxygens (including phenoxy) is 3. The van der Waals surface area contributed by atoms with Crippen LogP contribution < -0.4 is 21.3 Å². The van der Waals surface area contributed by atoms with Crippen LogP contribution in [0.25, 0.3) is 0 Å². The Morgan fingerprint density at radius 1 is 0.733 bits per heavy atom. The van der Waals surface area contributed by atoms with E-state index in [0.717, 1.165) is 0 Å². The summed E-state index contributed by atoms with van der Waals surface area (Å²) in [6.07, 6.45) is 6.37. The highest BCUT2D eigenvalue weighted by Crippen LogP contribution is 2.16. The van der Waals surface area contributed by atoms with Crippen molar-refractivity contribution in [1.82, 2.24) is 16.0 Å². The summed E-state index contributed by atoms with van der Waals surface area (Å²) in [5.41, 5.74) is -1.30. The first-order chi connectivity index (χ1) is 20.7. The number of hydrogen-bond donors (Lipinski definition) is 4. The summed E-state index contributed by atoms with van der Waals surface area (Å²) in [5.74, 6) is 0.585. The Morgan fingerprint density at radius 3 is 1.76 bits per heavy atom. The molecule has 4 N–H and O–H groups in total. The maximum atomic E-state index is 13.0. The lowest BCUT2D eigenvalue weighted by Crippen LogP contribution is -2.53. The van der Waals surface area contributed by atoms with Gasteiger partial charge in [0, 0.05) is 18.5 Å². The third-order valence-electron chi connectivity index (χ3n) is 5.59. The number of rotatable bonds is 13. The van der Waals surface area contributed by atoms with Gasteiger partial charge < -0.3 is 35.5 Å². The summed E-state index contributed by atoms with van der Waals surface area (Å²) in [5, 5.41) is 10.6. The predicted octanol–water partition coefficient (Wildman–Crippen LogP) is 4.80. The van der Waals surface area contributed by atoms with E-state index >= 15 is 0 Å². The van der Waals surface area contributed by atoms with Crippen molar-refractivity contribution >= 4 is 35.7 Å². The standard InChI is InChI=1S/C33H50N4O8/c1-11-22-16-12-13-17-23(22)35-29(41)34-21-15-14-18-24(27(39)44-32(5,6)7)36-30(42)37-25(28(40)45-33(8,9)10)19-20-26(38)43-31(2,3)4/h1,12-13,16-17,24-25H,14-15,18-21H2,2-10H3,(H2,34,35,41)(H2,36,37,42)/t24-,25-/m0/s1. The Labute approximate surface area is 267 Å². The molecular formula is C33H50N4O8. The molecule has 0 aliphatic carbocycles. The van der Waals surface area contributed by atoms with Gasteiger partial charge in [-0.15, -0.1) is 6.42 Å². The molecule has 0 bridgehead atoms. The number of nitrogens with one attached hydrogen (secondary N) is 4. The van der Waals surface area contributed by atoms with Gasteiger partial charge in [0.15, 0.2) is 0 Å². The summed E-state index contributed by atoms with van der Waals surface area (Å²) in [7, 11) is 0. The molecule has 0 saturated heterocycles. The normalized spacial score (nSPS) is 12.9. The zero-order chi connectivity index (χ0) is 34.4. The van der Waals surface area contributed by atoms with E-state index in [1.807, 2.05) is 0 Å². The molecule has 0 aliphatic heterocycles. The summed E-state index contributed by atoms with van der Waals surface area (Å²) in [4.78, 5) is 63.5. The maximum Gasteiger partial charge on any atom is 0.329 e. The number of terminal acetylenes is 1. The second kappa shape index (κ2) is 17.3. The van der Waals surface area contributed by atoms with E-state index < -0.39 is 58.9 Å². The van der Waals surface area contributed by atoms with Gasteiger partial charge >= 0.3 is 30.0 Å².